The van der Waals surface area contributed by atoms with Gasteiger partial charge in [0.15, 0.2) is 0 Å². The van der Waals surface area contributed by atoms with Gasteiger partial charge in [-0.1, -0.05) is 48.5 Å². The molecule has 0 aliphatic carbocycles. The Kier molecular flexibility index (Phi) is 4.65. The molecular formula is C23H22N6O. The molecule has 2 aromatic heterocycles. The third kappa shape index (κ3) is 3.29. The van der Waals surface area contributed by atoms with Gasteiger partial charge in [-0.2, -0.15) is 4.98 Å². The van der Waals surface area contributed by atoms with Crippen molar-refractivity contribution >= 4 is 22.6 Å². The van der Waals surface area contributed by atoms with Crippen molar-refractivity contribution in [2.24, 2.45) is 5.73 Å². The van der Waals surface area contributed by atoms with E-state index in [-0.39, 0.29) is 0 Å². The Morgan fingerprint density at radius 3 is 2.73 bits per heavy atom. The first-order chi connectivity index (χ1) is 14.7. The molecule has 0 unspecified atom stereocenters. The summed E-state index contributed by atoms with van der Waals surface area (Å²) >= 11 is 0. The van der Waals surface area contributed by atoms with Gasteiger partial charge in [0, 0.05) is 37.0 Å². The van der Waals surface area contributed by atoms with Crippen LogP contribution in [-0.4, -0.2) is 27.0 Å². The Balaban J connectivity index is 1.64. The average molecular weight is 398 g/mol. The van der Waals surface area contributed by atoms with Crippen LogP contribution in [0.25, 0.3) is 16.9 Å². The first-order valence-corrected chi connectivity index (χ1v) is 9.99. The zero-order valence-corrected chi connectivity index (χ0v) is 16.4. The number of carbonyl (C=O) groups is 1. The Labute approximate surface area is 174 Å². The molecule has 7 heteroatoms. The van der Waals surface area contributed by atoms with Gasteiger partial charge < -0.3 is 16.4 Å². The molecule has 1 aliphatic heterocycles. The summed E-state index contributed by atoms with van der Waals surface area (Å²) < 4.78 is 1.76. The number of primary amides is 1. The van der Waals surface area contributed by atoms with Gasteiger partial charge in [0.25, 0.3) is 5.91 Å². The summed E-state index contributed by atoms with van der Waals surface area (Å²) in [6.07, 6.45) is 0.802. The number of carbonyl (C=O) groups excluding carboxylic acids is 1. The Morgan fingerprint density at radius 1 is 1.10 bits per heavy atom. The number of nitrogens with two attached hydrogens (primary N) is 1. The van der Waals surface area contributed by atoms with Crippen LogP contribution in [-0.2, 0) is 19.5 Å². The SMILES string of the molecule is NC(=O)c1cc2ccccc2n1-c1nc2c(c(NCc3ccccc3)n1)CNCC2. The lowest BCUT2D eigenvalue weighted by Gasteiger charge is -2.21. The fourth-order valence-corrected chi connectivity index (χ4v) is 3.91. The van der Waals surface area contributed by atoms with Gasteiger partial charge in [-0.15, -0.1) is 0 Å². The minimum Gasteiger partial charge on any atom is -0.366 e. The molecule has 0 bridgehead atoms. The highest BCUT2D eigenvalue weighted by Gasteiger charge is 2.22. The molecule has 3 heterocycles. The van der Waals surface area contributed by atoms with E-state index in [0.717, 1.165) is 40.9 Å². The highest BCUT2D eigenvalue weighted by atomic mass is 16.1. The Morgan fingerprint density at radius 2 is 1.90 bits per heavy atom. The van der Waals surface area contributed by atoms with Crippen LogP contribution in [0.4, 0.5) is 5.82 Å². The monoisotopic (exact) mass is 398 g/mol. The summed E-state index contributed by atoms with van der Waals surface area (Å²) in [6.45, 7) is 2.22. The van der Waals surface area contributed by atoms with Crippen molar-refractivity contribution in [3.05, 3.63) is 83.2 Å². The summed E-state index contributed by atoms with van der Waals surface area (Å²) in [4.78, 5) is 21.8. The molecule has 4 aromatic rings. The molecule has 0 atom stereocenters. The first-order valence-electron chi connectivity index (χ1n) is 9.99. The number of nitrogens with zero attached hydrogens (tertiary/aromatic N) is 3. The van der Waals surface area contributed by atoms with Crippen LogP contribution in [0.5, 0.6) is 0 Å². The number of anilines is 1. The fourth-order valence-electron chi connectivity index (χ4n) is 3.91. The quantitative estimate of drug-likeness (QED) is 0.480. The van der Waals surface area contributed by atoms with E-state index in [1.54, 1.807) is 10.6 Å². The number of aromatic nitrogens is 3. The molecule has 0 fully saturated rings. The van der Waals surface area contributed by atoms with Crippen LogP contribution < -0.4 is 16.4 Å². The maximum absolute atomic E-state index is 12.2. The van der Waals surface area contributed by atoms with Crippen molar-refractivity contribution in [3.8, 4) is 5.95 Å². The van der Waals surface area contributed by atoms with Crippen molar-refractivity contribution in [2.75, 3.05) is 11.9 Å². The lowest BCUT2D eigenvalue weighted by molar-refractivity contribution is 0.0994. The number of benzene rings is 2. The van der Waals surface area contributed by atoms with Crippen molar-refractivity contribution < 1.29 is 4.79 Å². The number of fused-ring (bicyclic) bond motifs is 2. The second kappa shape index (κ2) is 7.61. The van der Waals surface area contributed by atoms with Crippen LogP contribution in [0.2, 0.25) is 0 Å². The van der Waals surface area contributed by atoms with Gasteiger partial charge in [0.1, 0.15) is 11.5 Å². The lowest BCUT2D eigenvalue weighted by atomic mass is 10.1. The van der Waals surface area contributed by atoms with Crippen LogP contribution in [0.3, 0.4) is 0 Å². The average Bonchev–Trinajstić information content (AvgIpc) is 3.18. The first kappa shape index (κ1) is 18.3. The Bertz CT molecular complexity index is 1230. The van der Waals surface area contributed by atoms with Gasteiger partial charge in [-0.3, -0.25) is 9.36 Å². The van der Waals surface area contributed by atoms with Crippen LogP contribution in [0, 0.1) is 0 Å². The standard InChI is InChI=1S/C23H22N6O/c24-21(30)20-12-16-8-4-5-9-19(16)29(20)23-27-18-10-11-25-14-17(18)22(28-23)26-13-15-6-2-1-3-7-15/h1-9,12,25H,10-11,13-14H2,(H2,24,30)(H,26,27,28). The molecule has 0 spiro atoms. The molecule has 30 heavy (non-hydrogen) atoms. The van der Waals surface area contributed by atoms with Crippen LogP contribution in [0.1, 0.15) is 27.3 Å². The highest BCUT2D eigenvalue weighted by Crippen LogP contribution is 2.27. The summed E-state index contributed by atoms with van der Waals surface area (Å²) in [7, 11) is 0. The molecule has 7 nitrogen and oxygen atoms in total. The van der Waals surface area contributed by atoms with Gasteiger partial charge in [0.2, 0.25) is 5.95 Å². The molecular weight excluding hydrogens is 376 g/mol. The predicted molar refractivity (Wildman–Crippen MR) is 117 cm³/mol. The topological polar surface area (TPSA) is 97.9 Å². The van der Waals surface area contributed by atoms with E-state index < -0.39 is 5.91 Å². The number of hydrogen-bond donors (Lipinski definition) is 3. The normalized spacial score (nSPS) is 13.2. The molecule has 0 saturated heterocycles. The maximum Gasteiger partial charge on any atom is 0.265 e. The van der Waals surface area contributed by atoms with Crippen molar-refractivity contribution in [1.82, 2.24) is 19.9 Å². The molecule has 1 aliphatic rings. The number of rotatable bonds is 5. The summed E-state index contributed by atoms with van der Waals surface area (Å²) in [5.74, 6) is 0.730. The zero-order valence-electron chi connectivity index (χ0n) is 16.4. The fraction of sp³-hybridized carbons (Fsp3) is 0.174. The molecule has 0 radical (unpaired) electrons. The number of amides is 1. The van der Waals surface area contributed by atoms with Gasteiger partial charge >= 0.3 is 0 Å². The molecule has 5 rings (SSSR count). The summed E-state index contributed by atoms with van der Waals surface area (Å²) in [5, 5.41) is 7.78. The van der Waals surface area contributed by atoms with E-state index in [1.807, 2.05) is 42.5 Å². The number of para-hydroxylation sites is 1. The van der Waals surface area contributed by atoms with E-state index in [2.05, 4.69) is 22.8 Å². The van der Waals surface area contributed by atoms with Crippen LogP contribution in [0.15, 0.2) is 60.7 Å². The van der Waals surface area contributed by atoms with Crippen LogP contribution >= 0.6 is 0 Å². The molecule has 0 saturated carbocycles. The minimum atomic E-state index is -0.506. The molecule has 1 amide bonds. The maximum atomic E-state index is 12.2. The Hall–Kier alpha value is -3.71. The second-order valence-corrected chi connectivity index (χ2v) is 7.35. The molecule has 4 N–H and O–H groups in total. The van der Waals surface area contributed by atoms with E-state index in [0.29, 0.717) is 24.7 Å². The van der Waals surface area contributed by atoms with E-state index in [9.17, 15) is 4.79 Å². The van der Waals surface area contributed by atoms with Gasteiger partial charge in [-0.05, 0) is 17.7 Å². The highest BCUT2D eigenvalue weighted by molar-refractivity contribution is 5.98. The predicted octanol–water partition coefficient (Wildman–Crippen LogP) is 2.78. The van der Waals surface area contributed by atoms with E-state index in [1.165, 1.54) is 5.56 Å². The third-order valence-corrected chi connectivity index (χ3v) is 5.39. The molecule has 2 aromatic carbocycles. The summed E-state index contributed by atoms with van der Waals surface area (Å²) in [6, 6.07) is 19.7. The minimum absolute atomic E-state index is 0.374. The third-order valence-electron chi connectivity index (χ3n) is 5.39. The van der Waals surface area contributed by atoms with Gasteiger partial charge in [0.05, 0.1) is 11.2 Å². The largest absolute Gasteiger partial charge is 0.366 e. The van der Waals surface area contributed by atoms with Crippen molar-refractivity contribution in [2.45, 2.75) is 19.5 Å². The van der Waals surface area contributed by atoms with Gasteiger partial charge in [-0.25, -0.2) is 4.98 Å². The van der Waals surface area contributed by atoms with E-state index in [4.69, 9.17) is 15.7 Å². The van der Waals surface area contributed by atoms with Crippen molar-refractivity contribution in [3.63, 3.8) is 0 Å². The molecule has 150 valence electrons. The van der Waals surface area contributed by atoms with Crippen molar-refractivity contribution in [1.29, 1.82) is 0 Å². The number of hydrogen-bond acceptors (Lipinski definition) is 5. The smallest absolute Gasteiger partial charge is 0.265 e. The second-order valence-electron chi connectivity index (χ2n) is 7.35. The lowest BCUT2D eigenvalue weighted by Crippen LogP contribution is -2.27. The summed E-state index contributed by atoms with van der Waals surface area (Å²) in [5.41, 5.74) is 10.1. The number of nitrogens with one attached hydrogen (secondary N) is 2. The zero-order chi connectivity index (χ0) is 20.5. The van der Waals surface area contributed by atoms with E-state index >= 15 is 0 Å².